The minimum Gasteiger partial charge on any atom is -0.355 e. The zero-order valence-electron chi connectivity index (χ0n) is 11.0. The fraction of sp³-hybridized carbons (Fsp3) is 0.200. The van der Waals surface area contributed by atoms with Gasteiger partial charge in [-0.1, -0.05) is 24.3 Å². The molecular weight excluding hydrogens is 254 g/mol. The van der Waals surface area contributed by atoms with Crippen LogP contribution in [0.1, 0.15) is 11.1 Å². The second kappa shape index (κ2) is 4.97. The molecule has 3 rings (SSSR count). The SMILES string of the molecule is Cc1ccccc1CN(C)c1ncnc2sccc12. The Hall–Kier alpha value is -1.94. The third kappa shape index (κ3) is 2.31. The molecule has 2 heterocycles. The Morgan fingerprint density at radius 1 is 1.16 bits per heavy atom. The van der Waals surface area contributed by atoms with Gasteiger partial charge in [0.15, 0.2) is 0 Å². The lowest BCUT2D eigenvalue weighted by Crippen LogP contribution is -2.18. The number of benzene rings is 1. The number of fused-ring (bicyclic) bond motifs is 1. The molecular formula is C15H15N3S. The molecule has 0 aliphatic heterocycles. The van der Waals surface area contributed by atoms with Gasteiger partial charge in [0.1, 0.15) is 17.0 Å². The molecule has 1 aromatic carbocycles. The van der Waals surface area contributed by atoms with Gasteiger partial charge in [-0.15, -0.1) is 11.3 Å². The fourth-order valence-corrected chi connectivity index (χ4v) is 2.93. The van der Waals surface area contributed by atoms with Crippen molar-refractivity contribution in [2.24, 2.45) is 0 Å². The summed E-state index contributed by atoms with van der Waals surface area (Å²) in [6, 6.07) is 10.5. The molecule has 0 saturated carbocycles. The van der Waals surface area contributed by atoms with E-state index in [0.29, 0.717) is 0 Å². The summed E-state index contributed by atoms with van der Waals surface area (Å²) in [5.74, 6) is 0.995. The minimum absolute atomic E-state index is 0.856. The third-order valence-corrected chi connectivity index (χ3v) is 4.09. The Bertz CT molecular complexity index is 705. The largest absolute Gasteiger partial charge is 0.355 e. The van der Waals surface area contributed by atoms with Crippen LogP contribution in [-0.4, -0.2) is 17.0 Å². The predicted molar refractivity (Wildman–Crippen MR) is 80.7 cm³/mol. The molecule has 4 heteroatoms. The van der Waals surface area contributed by atoms with E-state index in [9.17, 15) is 0 Å². The highest BCUT2D eigenvalue weighted by Crippen LogP contribution is 2.27. The molecule has 0 saturated heterocycles. The quantitative estimate of drug-likeness (QED) is 0.727. The van der Waals surface area contributed by atoms with Crippen LogP contribution in [0.5, 0.6) is 0 Å². The Balaban J connectivity index is 1.94. The van der Waals surface area contributed by atoms with Gasteiger partial charge in [0.05, 0.1) is 5.39 Å². The van der Waals surface area contributed by atoms with Gasteiger partial charge >= 0.3 is 0 Å². The summed E-state index contributed by atoms with van der Waals surface area (Å²) in [5.41, 5.74) is 2.64. The second-order valence-corrected chi connectivity index (χ2v) is 5.51. The molecule has 0 unspecified atom stereocenters. The lowest BCUT2D eigenvalue weighted by atomic mass is 10.1. The molecule has 0 amide bonds. The van der Waals surface area contributed by atoms with Crippen molar-refractivity contribution in [2.75, 3.05) is 11.9 Å². The Labute approximate surface area is 116 Å². The molecule has 19 heavy (non-hydrogen) atoms. The molecule has 96 valence electrons. The van der Waals surface area contributed by atoms with E-state index in [1.165, 1.54) is 11.1 Å². The summed E-state index contributed by atoms with van der Waals surface area (Å²) in [6.07, 6.45) is 1.64. The Morgan fingerprint density at radius 3 is 2.84 bits per heavy atom. The lowest BCUT2D eigenvalue weighted by Gasteiger charge is -2.19. The van der Waals surface area contributed by atoms with Gasteiger partial charge in [-0.05, 0) is 29.5 Å². The average molecular weight is 269 g/mol. The summed E-state index contributed by atoms with van der Waals surface area (Å²) in [6.45, 7) is 3.00. The molecule has 3 nitrogen and oxygen atoms in total. The zero-order valence-corrected chi connectivity index (χ0v) is 11.8. The molecule has 2 aromatic heterocycles. The van der Waals surface area contributed by atoms with Crippen molar-refractivity contribution in [3.05, 3.63) is 53.2 Å². The van der Waals surface area contributed by atoms with E-state index >= 15 is 0 Å². The number of rotatable bonds is 3. The predicted octanol–water partition coefficient (Wildman–Crippen LogP) is 3.64. The number of hydrogen-bond acceptors (Lipinski definition) is 4. The first-order valence-corrected chi connectivity index (χ1v) is 7.07. The van der Waals surface area contributed by atoms with Crippen LogP contribution in [0.2, 0.25) is 0 Å². The van der Waals surface area contributed by atoms with Crippen molar-refractivity contribution in [1.29, 1.82) is 0 Å². The number of aromatic nitrogens is 2. The first kappa shape index (κ1) is 12.1. The van der Waals surface area contributed by atoms with Crippen molar-refractivity contribution >= 4 is 27.4 Å². The van der Waals surface area contributed by atoms with Crippen LogP contribution in [0.15, 0.2) is 42.0 Å². The first-order chi connectivity index (χ1) is 9.25. The van der Waals surface area contributed by atoms with Crippen LogP contribution < -0.4 is 4.90 Å². The van der Waals surface area contributed by atoms with Crippen molar-refractivity contribution in [1.82, 2.24) is 9.97 Å². The van der Waals surface area contributed by atoms with E-state index in [1.54, 1.807) is 17.7 Å². The molecule has 0 atom stereocenters. The van der Waals surface area contributed by atoms with Crippen molar-refractivity contribution in [2.45, 2.75) is 13.5 Å². The number of hydrogen-bond donors (Lipinski definition) is 0. The highest BCUT2D eigenvalue weighted by molar-refractivity contribution is 7.16. The van der Waals surface area contributed by atoms with Crippen LogP contribution in [-0.2, 0) is 6.54 Å². The standard InChI is InChI=1S/C15H15N3S/c1-11-5-3-4-6-12(11)9-18(2)14-13-7-8-19-15(13)17-10-16-14/h3-8,10H,9H2,1-2H3. The van der Waals surface area contributed by atoms with Gasteiger partial charge in [0.25, 0.3) is 0 Å². The van der Waals surface area contributed by atoms with Crippen molar-refractivity contribution in [3.63, 3.8) is 0 Å². The van der Waals surface area contributed by atoms with E-state index in [0.717, 1.165) is 22.6 Å². The monoisotopic (exact) mass is 269 g/mol. The van der Waals surface area contributed by atoms with Gasteiger partial charge in [0, 0.05) is 13.6 Å². The zero-order chi connectivity index (χ0) is 13.2. The van der Waals surface area contributed by atoms with Gasteiger partial charge in [-0.2, -0.15) is 0 Å². The highest BCUT2D eigenvalue weighted by Gasteiger charge is 2.10. The summed E-state index contributed by atoms with van der Waals surface area (Å²) < 4.78 is 0. The first-order valence-electron chi connectivity index (χ1n) is 6.19. The third-order valence-electron chi connectivity index (χ3n) is 3.27. The van der Waals surface area contributed by atoms with Crippen molar-refractivity contribution in [3.8, 4) is 0 Å². The van der Waals surface area contributed by atoms with Crippen molar-refractivity contribution < 1.29 is 0 Å². The Kier molecular flexibility index (Phi) is 3.17. The number of anilines is 1. The van der Waals surface area contributed by atoms with Crippen LogP contribution in [0.4, 0.5) is 5.82 Å². The summed E-state index contributed by atoms with van der Waals surface area (Å²) in [4.78, 5) is 11.9. The molecule has 0 fully saturated rings. The van der Waals surface area contributed by atoms with Crippen LogP contribution in [0, 0.1) is 6.92 Å². The van der Waals surface area contributed by atoms with Gasteiger partial charge in [0.2, 0.25) is 0 Å². The maximum atomic E-state index is 4.43. The van der Waals surface area contributed by atoms with Gasteiger partial charge in [-0.25, -0.2) is 9.97 Å². The average Bonchev–Trinajstić information content (AvgIpc) is 2.89. The number of nitrogens with zero attached hydrogens (tertiary/aromatic N) is 3. The molecule has 0 radical (unpaired) electrons. The number of thiophene rings is 1. The molecule has 0 aliphatic rings. The van der Waals surface area contributed by atoms with Crippen LogP contribution >= 0.6 is 11.3 Å². The Morgan fingerprint density at radius 2 is 2.00 bits per heavy atom. The summed E-state index contributed by atoms with van der Waals surface area (Å²) in [5, 5.41) is 3.19. The van der Waals surface area contributed by atoms with E-state index in [1.807, 2.05) is 0 Å². The summed E-state index contributed by atoms with van der Waals surface area (Å²) >= 11 is 1.65. The summed E-state index contributed by atoms with van der Waals surface area (Å²) in [7, 11) is 2.08. The second-order valence-electron chi connectivity index (χ2n) is 4.62. The maximum absolute atomic E-state index is 4.43. The lowest BCUT2D eigenvalue weighted by molar-refractivity contribution is 0.893. The van der Waals surface area contributed by atoms with Crippen LogP contribution in [0.3, 0.4) is 0 Å². The van der Waals surface area contributed by atoms with E-state index in [4.69, 9.17) is 0 Å². The van der Waals surface area contributed by atoms with Gasteiger partial charge in [-0.3, -0.25) is 0 Å². The van der Waals surface area contributed by atoms with E-state index < -0.39 is 0 Å². The fourth-order valence-electron chi connectivity index (χ4n) is 2.20. The maximum Gasteiger partial charge on any atom is 0.140 e. The highest BCUT2D eigenvalue weighted by atomic mass is 32.1. The molecule has 0 bridgehead atoms. The minimum atomic E-state index is 0.856. The molecule has 0 aliphatic carbocycles. The molecule has 0 spiro atoms. The number of aryl methyl sites for hydroxylation is 1. The molecule has 3 aromatic rings. The molecule has 0 N–H and O–H groups in total. The van der Waals surface area contributed by atoms with Gasteiger partial charge < -0.3 is 4.90 Å². The van der Waals surface area contributed by atoms with Crippen LogP contribution in [0.25, 0.3) is 10.2 Å². The van der Waals surface area contributed by atoms with E-state index in [-0.39, 0.29) is 0 Å². The normalized spacial score (nSPS) is 10.8. The smallest absolute Gasteiger partial charge is 0.140 e. The van der Waals surface area contributed by atoms with E-state index in [2.05, 4.69) is 64.6 Å². The topological polar surface area (TPSA) is 29.0 Å².